The Labute approximate surface area is 149 Å². The summed E-state index contributed by atoms with van der Waals surface area (Å²) in [5, 5.41) is 2.92. The van der Waals surface area contributed by atoms with E-state index in [9.17, 15) is 0 Å². The maximum absolute atomic E-state index is 6.19. The van der Waals surface area contributed by atoms with Crippen molar-refractivity contribution < 1.29 is 4.84 Å². The van der Waals surface area contributed by atoms with Gasteiger partial charge in [-0.2, -0.15) is 0 Å². The normalized spacial score (nSPS) is 18.8. The van der Waals surface area contributed by atoms with Crippen LogP contribution in [0.1, 0.15) is 44.6 Å². The first-order valence-corrected chi connectivity index (χ1v) is 9.41. The van der Waals surface area contributed by atoms with Crippen molar-refractivity contribution in [2.45, 2.75) is 44.4 Å². The van der Waals surface area contributed by atoms with Crippen molar-refractivity contribution in [1.29, 1.82) is 0 Å². The van der Waals surface area contributed by atoms with Gasteiger partial charge in [0.15, 0.2) is 0 Å². The van der Waals surface area contributed by atoms with Crippen molar-refractivity contribution in [2.24, 2.45) is 0 Å². The molecule has 0 bridgehead atoms. The molecule has 0 saturated heterocycles. The molecule has 24 heavy (non-hydrogen) atoms. The molecule has 0 aromatic heterocycles. The van der Waals surface area contributed by atoms with Crippen LogP contribution < -0.4 is 5.06 Å². The van der Waals surface area contributed by atoms with Crippen LogP contribution in [-0.4, -0.2) is 13.2 Å². The molecule has 1 aliphatic carbocycles. The second-order valence-corrected chi connectivity index (χ2v) is 7.47. The number of anilines is 1. The van der Waals surface area contributed by atoms with Crippen molar-refractivity contribution >= 4 is 17.3 Å². The van der Waals surface area contributed by atoms with Crippen molar-refractivity contribution in [3.8, 4) is 11.1 Å². The van der Waals surface area contributed by atoms with Gasteiger partial charge in [0.1, 0.15) is 0 Å². The van der Waals surface area contributed by atoms with Crippen LogP contribution in [-0.2, 0) is 10.3 Å². The second kappa shape index (κ2) is 6.42. The molecule has 2 aromatic rings. The molecule has 1 heterocycles. The zero-order chi connectivity index (χ0) is 16.6. The van der Waals surface area contributed by atoms with E-state index in [-0.39, 0.29) is 5.41 Å². The largest absolute Gasteiger partial charge is 0.274 e. The number of fused-ring (bicyclic) bond motifs is 2. The minimum Gasteiger partial charge on any atom is -0.274 e. The van der Waals surface area contributed by atoms with Crippen LogP contribution in [0.5, 0.6) is 0 Å². The molecule has 1 spiro atoms. The average Bonchev–Trinajstić information content (AvgIpc) is 2.89. The van der Waals surface area contributed by atoms with Crippen LogP contribution in [0.2, 0.25) is 5.02 Å². The number of nitrogens with zero attached hydrogens (tertiary/aromatic N) is 1. The molecule has 1 fully saturated rings. The Kier molecular flexibility index (Phi) is 4.28. The van der Waals surface area contributed by atoms with Crippen LogP contribution in [0.4, 0.5) is 5.69 Å². The summed E-state index contributed by atoms with van der Waals surface area (Å²) in [6.45, 7) is 3.77. The SMILES string of the molecule is CCON1CC2(CCCCC2)c2cc(-c3cccc(Cl)c3)ccc21. The maximum atomic E-state index is 6.19. The monoisotopic (exact) mass is 341 g/mol. The first-order chi connectivity index (χ1) is 11.7. The van der Waals surface area contributed by atoms with Gasteiger partial charge in [-0.15, -0.1) is 0 Å². The van der Waals surface area contributed by atoms with Gasteiger partial charge < -0.3 is 0 Å². The molecule has 4 rings (SSSR count). The minimum absolute atomic E-state index is 0.261. The maximum Gasteiger partial charge on any atom is 0.0720 e. The van der Waals surface area contributed by atoms with Gasteiger partial charge in [-0.1, -0.05) is 49.1 Å². The summed E-state index contributed by atoms with van der Waals surface area (Å²) < 4.78 is 0. The lowest BCUT2D eigenvalue weighted by molar-refractivity contribution is 0.110. The topological polar surface area (TPSA) is 12.5 Å². The van der Waals surface area contributed by atoms with Crippen LogP contribution in [0.15, 0.2) is 42.5 Å². The summed E-state index contributed by atoms with van der Waals surface area (Å²) in [6.07, 6.45) is 6.53. The standard InChI is InChI=1S/C21H24ClNO/c1-2-24-23-15-21(11-4-3-5-12-21)19-14-17(9-10-20(19)23)16-7-6-8-18(22)13-16/h6-10,13-14H,2-5,11-12,15H2,1H3. The Bertz CT molecular complexity index is 736. The van der Waals surface area contributed by atoms with Gasteiger partial charge in [0.25, 0.3) is 0 Å². The van der Waals surface area contributed by atoms with Gasteiger partial charge in [0, 0.05) is 10.4 Å². The third-order valence-corrected chi connectivity index (χ3v) is 5.77. The Balaban J connectivity index is 1.79. The summed E-state index contributed by atoms with van der Waals surface area (Å²) in [6, 6.07) is 14.9. The highest BCUT2D eigenvalue weighted by atomic mass is 35.5. The number of hydroxylamine groups is 1. The average molecular weight is 342 g/mol. The van der Waals surface area contributed by atoms with Crippen LogP contribution in [0.3, 0.4) is 0 Å². The van der Waals surface area contributed by atoms with E-state index in [0.717, 1.165) is 11.6 Å². The highest BCUT2D eigenvalue weighted by Gasteiger charge is 2.44. The van der Waals surface area contributed by atoms with Gasteiger partial charge in [-0.25, -0.2) is 0 Å². The molecule has 0 atom stereocenters. The summed E-state index contributed by atoms with van der Waals surface area (Å²) in [5.74, 6) is 0. The fraction of sp³-hybridized carbons (Fsp3) is 0.429. The summed E-state index contributed by atoms with van der Waals surface area (Å²) in [4.78, 5) is 5.93. The van der Waals surface area contributed by atoms with Gasteiger partial charge in [-0.3, -0.25) is 9.90 Å². The number of hydrogen-bond acceptors (Lipinski definition) is 2. The molecule has 0 N–H and O–H groups in total. The Hall–Kier alpha value is -1.51. The van der Waals surface area contributed by atoms with Crippen molar-refractivity contribution in [2.75, 3.05) is 18.2 Å². The lowest BCUT2D eigenvalue weighted by atomic mass is 9.70. The molecule has 2 aromatic carbocycles. The lowest BCUT2D eigenvalue weighted by Gasteiger charge is -2.34. The van der Waals surface area contributed by atoms with Crippen LogP contribution >= 0.6 is 11.6 Å². The third-order valence-electron chi connectivity index (χ3n) is 5.54. The Morgan fingerprint density at radius 3 is 2.58 bits per heavy atom. The summed E-state index contributed by atoms with van der Waals surface area (Å²) in [7, 11) is 0. The van der Waals surface area contributed by atoms with E-state index in [0.29, 0.717) is 6.61 Å². The molecule has 1 aliphatic heterocycles. The third kappa shape index (κ3) is 2.72. The van der Waals surface area contributed by atoms with Gasteiger partial charge in [0.2, 0.25) is 0 Å². The molecule has 2 aliphatic rings. The Morgan fingerprint density at radius 2 is 1.83 bits per heavy atom. The molecular formula is C21H24ClNO. The molecule has 0 unspecified atom stereocenters. The van der Waals surface area contributed by atoms with E-state index in [1.54, 1.807) is 0 Å². The predicted octanol–water partition coefficient (Wildman–Crippen LogP) is 5.98. The quantitative estimate of drug-likeness (QED) is 0.680. The van der Waals surface area contributed by atoms with E-state index < -0.39 is 0 Å². The van der Waals surface area contributed by atoms with E-state index in [1.807, 2.05) is 18.2 Å². The van der Waals surface area contributed by atoms with Crippen molar-refractivity contribution in [3.63, 3.8) is 0 Å². The van der Waals surface area contributed by atoms with Crippen LogP contribution in [0.25, 0.3) is 11.1 Å². The molecule has 0 amide bonds. The van der Waals surface area contributed by atoms with Gasteiger partial charge >= 0.3 is 0 Å². The first-order valence-electron chi connectivity index (χ1n) is 9.03. The van der Waals surface area contributed by atoms with Crippen molar-refractivity contribution in [3.05, 3.63) is 53.1 Å². The highest BCUT2D eigenvalue weighted by molar-refractivity contribution is 6.30. The smallest absolute Gasteiger partial charge is 0.0720 e. The number of halogens is 1. The fourth-order valence-electron chi connectivity index (χ4n) is 4.40. The van der Waals surface area contributed by atoms with Gasteiger partial charge in [-0.05, 0) is 60.7 Å². The fourth-order valence-corrected chi connectivity index (χ4v) is 4.59. The first kappa shape index (κ1) is 16.0. The molecular weight excluding hydrogens is 318 g/mol. The summed E-state index contributed by atoms with van der Waals surface area (Å²) >= 11 is 6.19. The predicted molar refractivity (Wildman–Crippen MR) is 101 cm³/mol. The number of benzene rings is 2. The van der Waals surface area contributed by atoms with Crippen LogP contribution in [0, 0.1) is 0 Å². The zero-order valence-electron chi connectivity index (χ0n) is 14.2. The molecule has 126 valence electrons. The Morgan fingerprint density at radius 1 is 1.04 bits per heavy atom. The number of hydrogen-bond donors (Lipinski definition) is 0. The van der Waals surface area contributed by atoms with Gasteiger partial charge in [0.05, 0.1) is 18.8 Å². The lowest BCUT2D eigenvalue weighted by Crippen LogP contribution is -2.35. The molecule has 0 radical (unpaired) electrons. The van der Waals surface area contributed by atoms with E-state index in [2.05, 4.69) is 36.3 Å². The van der Waals surface area contributed by atoms with E-state index >= 15 is 0 Å². The van der Waals surface area contributed by atoms with Crippen molar-refractivity contribution in [1.82, 2.24) is 0 Å². The van der Waals surface area contributed by atoms with E-state index in [1.165, 1.54) is 54.5 Å². The molecule has 2 nitrogen and oxygen atoms in total. The summed E-state index contributed by atoms with van der Waals surface area (Å²) in [5.41, 5.74) is 5.42. The number of rotatable bonds is 3. The molecule has 1 saturated carbocycles. The molecule has 3 heteroatoms. The highest BCUT2D eigenvalue weighted by Crippen LogP contribution is 2.50. The zero-order valence-corrected chi connectivity index (χ0v) is 15.0. The second-order valence-electron chi connectivity index (χ2n) is 7.04. The minimum atomic E-state index is 0.261. The van der Waals surface area contributed by atoms with E-state index in [4.69, 9.17) is 16.4 Å².